The number of hydrogen-bond donors (Lipinski definition) is 1. The summed E-state index contributed by atoms with van der Waals surface area (Å²) in [6.45, 7) is 15.1. The molecule has 0 bridgehead atoms. The van der Waals surface area contributed by atoms with Gasteiger partial charge in [-0.1, -0.05) is 32.0 Å². The van der Waals surface area contributed by atoms with Crippen molar-refractivity contribution in [3.05, 3.63) is 35.9 Å². The van der Waals surface area contributed by atoms with Gasteiger partial charge in [-0.05, 0) is 64.4 Å². The third kappa shape index (κ3) is 8.26. The highest BCUT2D eigenvalue weighted by molar-refractivity contribution is 7.53. The second kappa shape index (κ2) is 11.8. The third-order valence-corrected chi connectivity index (χ3v) is 11.5. The van der Waals surface area contributed by atoms with Crippen molar-refractivity contribution in [3.63, 3.8) is 0 Å². The Bertz CT molecular complexity index is 823. The Balaban J connectivity index is 2.22. The van der Waals surface area contributed by atoms with Gasteiger partial charge in [0.1, 0.15) is 6.35 Å². The van der Waals surface area contributed by atoms with Gasteiger partial charge in [-0.25, -0.2) is 4.79 Å². The first-order valence-corrected chi connectivity index (χ1v) is 16.5. The highest BCUT2D eigenvalue weighted by Gasteiger charge is 2.48. The maximum absolute atomic E-state index is 13.3. The first-order valence-electron chi connectivity index (χ1n) is 11.8. The van der Waals surface area contributed by atoms with E-state index in [1.165, 1.54) is 0 Å². The van der Waals surface area contributed by atoms with Gasteiger partial charge in [0.15, 0.2) is 8.32 Å². The highest BCUT2D eigenvalue weighted by atomic mass is 31.2. The van der Waals surface area contributed by atoms with Crippen molar-refractivity contribution < 1.29 is 37.4 Å². The Kier molecular flexibility index (Phi) is 10.1. The van der Waals surface area contributed by atoms with E-state index in [1.54, 1.807) is 52.0 Å². The SMILES string of the molecule is CC(C)OP(=O)(CO[C@H]1CO[C@H](OC(=O)c2ccccc2)[C@@H]1CC(C)(C)[Si](C)(C)O)OC(C)C. The lowest BCUT2D eigenvalue weighted by Crippen LogP contribution is -2.43. The van der Waals surface area contributed by atoms with Crippen LogP contribution in [0.25, 0.3) is 0 Å². The molecule has 3 atom stereocenters. The Morgan fingerprint density at radius 2 is 1.71 bits per heavy atom. The third-order valence-electron chi connectivity index (χ3n) is 6.08. The minimum absolute atomic E-state index is 0.157. The van der Waals surface area contributed by atoms with Gasteiger partial charge < -0.3 is 28.1 Å². The molecule has 0 saturated carbocycles. The Morgan fingerprint density at radius 3 is 2.21 bits per heavy atom. The topological polar surface area (TPSA) is 101 Å². The van der Waals surface area contributed by atoms with Crippen LogP contribution < -0.4 is 0 Å². The molecule has 2 rings (SSSR count). The average molecular weight is 517 g/mol. The summed E-state index contributed by atoms with van der Waals surface area (Å²) in [5, 5.41) is -0.420. The fourth-order valence-electron chi connectivity index (χ4n) is 3.63. The van der Waals surface area contributed by atoms with Crippen LogP contribution in [0.5, 0.6) is 0 Å². The van der Waals surface area contributed by atoms with E-state index < -0.39 is 39.3 Å². The van der Waals surface area contributed by atoms with E-state index in [0.717, 1.165) is 0 Å². The quantitative estimate of drug-likeness (QED) is 0.219. The molecule has 1 aromatic carbocycles. The molecule has 1 aliphatic heterocycles. The molecule has 10 heteroatoms. The number of benzene rings is 1. The smallest absolute Gasteiger partial charge is 0.356 e. The first kappa shape index (κ1) is 29.2. The molecule has 0 amide bonds. The summed E-state index contributed by atoms with van der Waals surface area (Å²) in [5.74, 6) is -0.861. The van der Waals surface area contributed by atoms with Crippen LogP contribution in [0.1, 0.15) is 58.3 Å². The Hall–Kier alpha value is -1.06. The Morgan fingerprint density at radius 1 is 1.15 bits per heavy atom. The van der Waals surface area contributed by atoms with Gasteiger partial charge in [0, 0.05) is 0 Å². The summed E-state index contributed by atoms with van der Waals surface area (Å²) in [4.78, 5) is 23.6. The molecule has 1 fully saturated rings. The van der Waals surface area contributed by atoms with Crippen LogP contribution in [-0.2, 0) is 27.8 Å². The van der Waals surface area contributed by atoms with Crippen LogP contribution in [0.2, 0.25) is 18.1 Å². The fourth-order valence-corrected chi connectivity index (χ4v) is 6.20. The lowest BCUT2D eigenvalue weighted by atomic mass is 9.92. The molecule has 1 saturated heterocycles. The number of carbonyl (C=O) groups excluding carboxylic acids is 1. The zero-order valence-corrected chi connectivity index (χ0v) is 23.5. The van der Waals surface area contributed by atoms with E-state index in [9.17, 15) is 14.2 Å². The van der Waals surface area contributed by atoms with Crippen LogP contribution >= 0.6 is 7.60 Å². The summed E-state index contributed by atoms with van der Waals surface area (Å²) in [6, 6.07) is 8.70. The van der Waals surface area contributed by atoms with Gasteiger partial charge >= 0.3 is 13.6 Å². The number of ether oxygens (including phenoxy) is 3. The number of esters is 1. The summed E-state index contributed by atoms with van der Waals surface area (Å²) in [6.07, 6.45) is -1.71. The molecule has 0 radical (unpaired) electrons. The number of rotatable bonds is 12. The molecule has 194 valence electrons. The zero-order chi connectivity index (χ0) is 25.7. The highest BCUT2D eigenvalue weighted by Crippen LogP contribution is 2.52. The van der Waals surface area contributed by atoms with Gasteiger partial charge in [-0.15, -0.1) is 0 Å². The van der Waals surface area contributed by atoms with Gasteiger partial charge in [-0.2, -0.15) is 0 Å². The van der Waals surface area contributed by atoms with Crippen molar-refractivity contribution >= 4 is 21.9 Å². The summed E-state index contributed by atoms with van der Waals surface area (Å²) in [5.41, 5.74) is 0.422. The van der Waals surface area contributed by atoms with Crippen LogP contribution in [0.3, 0.4) is 0 Å². The van der Waals surface area contributed by atoms with E-state index in [1.807, 2.05) is 33.0 Å². The van der Waals surface area contributed by atoms with E-state index in [4.69, 9.17) is 23.3 Å². The molecular weight excluding hydrogens is 475 g/mol. The van der Waals surface area contributed by atoms with Gasteiger partial charge in [0.2, 0.25) is 6.29 Å². The van der Waals surface area contributed by atoms with Crippen molar-refractivity contribution in [2.24, 2.45) is 5.92 Å². The second-order valence-corrected chi connectivity index (χ2v) is 16.9. The van der Waals surface area contributed by atoms with E-state index in [2.05, 4.69) is 0 Å². The normalized spacial score (nSPS) is 21.9. The predicted molar refractivity (Wildman–Crippen MR) is 133 cm³/mol. The molecule has 8 nitrogen and oxygen atoms in total. The van der Waals surface area contributed by atoms with Crippen LogP contribution in [0.15, 0.2) is 30.3 Å². The van der Waals surface area contributed by atoms with E-state index in [-0.39, 0.29) is 31.1 Å². The molecular formula is C24H41O8PSi. The molecule has 1 aromatic rings. The van der Waals surface area contributed by atoms with Gasteiger partial charge in [-0.3, -0.25) is 4.57 Å². The molecule has 0 aliphatic carbocycles. The summed E-state index contributed by atoms with van der Waals surface area (Å²) >= 11 is 0. The molecule has 1 heterocycles. The minimum Gasteiger partial charge on any atom is -0.432 e. The van der Waals surface area contributed by atoms with Crippen molar-refractivity contribution in [2.75, 3.05) is 13.0 Å². The standard InChI is InChI=1S/C24H41O8PSi/c1-17(2)31-33(26,32-18(3)4)16-29-21-15-28-23(20(21)14-24(5,6)34(7,8)27)30-22(25)19-12-10-9-11-13-19/h9-13,17-18,20-21,23,27H,14-16H2,1-8H3/t20-,21+,23-/m1/s1. The van der Waals surface area contributed by atoms with E-state index >= 15 is 0 Å². The summed E-state index contributed by atoms with van der Waals surface area (Å²) < 4.78 is 42.1. The molecule has 0 aromatic heterocycles. The molecule has 0 unspecified atom stereocenters. The van der Waals surface area contributed by atoms with Crippen LogP contribution in [0, 0.1) is 5.92 Å². The maximum atomic E-state index is 13.3. The predicted octanol–water partition coefficient (Wildman–Crippen LogP) is 5.57. The van der Waals surface area contributed by atoms with Gasteiger partial charge in [0.05, 0.1) is 36.4 Å². The molecule has 1 aliphatic rings. The van der Waals surface area contributed by atoms with Gasteiger partial charge in [0.25, 0.3) is 0 Å². The van der Waals surface area contributed by atoms with Crippen molar-refractivity contribution in [3.8, 4) is 0 Å². The molecule has 1 N–H and O–H groups in total. The Labute approximate surface area is 204 Å². The molecule has 0 spiro atoms. The second-order valence-electron chi connectivity index (χ2n) is 10.5. The maximum Gasteiger partial charge on any atom is 0.356 e. The van der Waals surface area contributed by atoms with Crippen LogP contribution in [-0.4, -0.2) is 56.6 Å². The lowest BCUT2D eigenvalue weighted by molar-refractivity contribution is -0.1000. The van der Waals surface area contributed by atoms with E-state index in [0.29, 0.717) is 12.0 Å². The van der Waals surface area contributed by atoms with Crippen molar-refractivity contribution in [1.82, 2.24) is 0 Å². The number of carbonyl (C=O) groups is 1. The zero-order valence-electron chi connectivity index (χ0n) is 21.6. The summed E-state index contributed by atoms with van der Waals surface area (Å²) in [7, 11) is -6.09. The fraction of sp³-hybridized carbons (Fsp3) is 0.708. The average Bonchev–Trinajstić information content (AvgIpc) is 3.05. The van der Waals surface area contributed by atoms with Crippen LogP contribution in [0.4, 0.5) is 0 Å². The number of hydrogen-bond acceptors (Lipinski definition) is 8. The minimum atomic E-state index is -3.52. The first-order chi connectivity index (χ1) is 15.6. The van der Waals surface area contributed by atoms with Crippen molar-refractivity contribution in [2.45, 2.75) is 90.7 Å². The molecule has 34 heavy (non-hydrogen) atoms. The largest absolute Gasteiger partial charge is 0.432 e. The lowest BCUT2D eigenvalue weighted by Gasteiger charge is -2.39. The monoisotopic (exact) mass is 516 g/mol. The van der Waals surface area contributed by atoms with Crippen molar-refractivity contribution in [1.29, 1.82) is 0 Å².